The van der Waals surface area contributed by atoms with E-state index < -0.39 is 0 Å². The first kappa shape index (κ1) is 16.4. The summed E-state index contributed by atoms with van der Waals surface area (Å²) in [6.45, 7) is 4.92. The van der Waals surface area contributed by atoms with E-state index in [9.17, 15) is 9.59 Å². The van der Waals surface area contributed by atoms with Crippen LogP contribution in [0.3, 0.4) is 0 Å². The Morgan fingerprint density at radius 3 is 2.52 bits per heavy atom. The molecule has 0 aliphatic carbocycles. The molecule has 1 aromatic heterocycles. The largest absolute Gasteiger partial charge is 0.343 e. The van der Waals surface area contributed by atoms with Crippen molar-refractivity contribution in [3.63, 3.8) is 0 Å². The second-order valence-electron chi connectivity index (χ2n) is 5.04. The molecular formula is C16H18N4O3. The van der Waals surface area contributed by atoms with E-state index in [1.807, 2.05) is 0 Å². The van der Waals surface area contributed by atoms with Crippen molar-refractivity contribution in [3.05, 3.63) is 47.6 Å². The number of carbonyl (C=O) groups excluding carboxylic acids is 2. The Bertz CT molecular complexity index is 719. The molecule has 2 amide bonds. The predicted octanol–water partition coefficient (Wildman–Crippen LogP) is 2.23. The number of aryl methyl sites for hydroxylation is 1. The van der Waals surface area contributed by atoms with E-state index in [-0.39, 0.29) is 17.9 Å². The predicted molar refractivity (Wildman–Crippen MR) is 85.4 cm³/mol. The van der Waals surface area contributed by atoms with E-state index in [0.717, 1.165) is 5.56 Å². The highest BCUT2D eigenvalue weighted by molar-refractivity contribution is 5.92. The lowest BCUT2D eigenvalue weighted by Crippen LogP contribution is -2.25. The van der Waals surface area contributed by atoms with E-state index >= 15 is 0 Å². The molecule has 120 valence electrons. The van der Waals surface area contributed by atoms with Gasteiger partial charge in [0.1, 0.15) is 0 Å². The standard InChI is InChI=1S/C16H18N4O3/c1-10(16-19-12(3)23-20-16)17-15(22)9-6-13-4-7-14(8-5-13)18-11(2)21/h4-10H,1-3H3,(H,17,22)(H,18,21)/b9-6+. The van der Waals surface area contributed by atoms with Gasteiger partial charge >= 0.3 is 0 Å². The van der Waals surface area contributed by atoms with Crippen molar-refractivity contribution in [1.29, 1.82) is 0 Å². The average Bonchev–Trinajstić information content (AvgIpc) is 2.93. The molecule has 1 heterocycles. The summed E-state index contributed by atoms with van der Waals surface area (Å²) in [6, 6.07) is 6.81. The van der Waals surface area contributed by atoms with Gasteiger partial charge in [-0.2, -0.15) is 4.98 Å². The number of benzene rings is 1. The van der Waals surface area contributed by atoms with E-state index in [1.165, 1.54) is 13.0 Å². The van der Waals surface area contributed by atoms with E-state index in [4.69, 9.17) is 4.52 Å². The molecule has 1 aromatic carbocycles. The quantitative estimate of drug-likeness (QED) is 0.825. The summed E-state index contributed by atoms with van der Waals surface area (Å²) in [5.74, 6) is 0.504. The second-order valence-corrected chi connectivity index (χ2v) is 5.04. The number of hydrogen-bond acceptors (Lipinski definition) is 5. The van der Waals surface area contributed by atoms with E-state index in [1.54, 1.807) is 44.2 Å². The maximum atomic E-state index is 11.9. The summed E-state index contributed by atoms with van der Waals surface area (Å²) >= 11 is 0. The van der Waals surface area contributed by atoms with Crippen LogP contribution in [-0.4, -0.2) is 22.0 Å². The van der Waals surface area contributed by atoms with Crippen LogP contribution in [0.2, 0.25) is 0 Å². The number of carbonyl (C=O) groups is 2. The Hall–Kier alpha value is -2.96. The van der Waals surface area contributed by atoms with Gasteiger partial charge in [0.2, 0.25) is 17.7 Å². The minimum Gasteiger partial charge on any atom is -0.343 e. The minimum atomic E-state index is -0.341. The van der Waals surface area contributed by atoms with E-state index in [0.29, 0.717) is 17.4 Å². The van der Waals surface area contributed by atoms with Gasteiger partial charge in [-0.1, -0.05) is 17.3 Å². The second kappa shape index (κ2) is 7.35. The lowest BCUT2D eigenvalue weighted by Gasteiger charge is -2.07. The molecule has 0 saturated carbocycles. The van der Waals surface area contributed by atoms with Crippen LogP contribution in [0.25, 0.3) is 6.08 Å². The summed E-state index contributed by atoms with van der Waals surface area (Å²) in [4.78, 5) is 26.9. The van der Waals surface area contributed by atoms with Gasteiger partial charge in [0.15, 0.2) is 5.82 Å². The number of nitrogens with one attached hydrogen (secondary N) is 2. The van der Waals surface area contributed by atoms with Gasteiger partial charge in [-0.25, -0.2) is 0 Å². The average molecular weight is 314 g/mol. The maximum Gasteiger partial charge on any atom is 0.244 e. The first-order chi connectivity index (χ1) is 10.9. The molecule has 0 radical (unpaired) electrons. The number of aromatic nitrogens is 2. The van der Waals surface area contributed by atoms with Crippen molar-refractivity contribution in [3.8, 4) is 0 Å². The zero-order chi connectivity index (χ0) is 16.8. The molecule has 1 unspecified atom stereocenters. The molecule has 0 spiro atoms. The molecule has 7 heteroatoms. The number of anilines is 1. The maximum absolute atomic E-state index is 11.9. The van der Waals surface area contributed by atoms with Gasteiger partial charge in [0, 0.05) is 25.6 Å². The van der Waals surface area contributed by atoms with Crippen molar-refractivity contribution >= 4 is 23.6 Å². The fraction of sp³-hybridized carbons (Fsp3) is 0.250. The summed E-state index contributed by atoms with van der Waals surface area (Å²) in [5, 5.41) is 9.19. The van der Waals surface area contributed by atoms with Crippen molar-refractivity contribution in [2.75, 3.05) is 5.32 Å². The number of amides is 2. The Morgan fingerprint density at radius 2 is 1.96 bits per heavy atom. The molecule has 2 rings (SSSR count). The molecule has 0 saturated heterocycles. The zero-order valence-electron chi connectivity index (χ0n) is 13.2. The molecule has 2 N–H and O–H groups in total. The summed E-state index contributed by atoms with van der Waals surface area (Å²) in [5.41, 5.74) is 1.55. The Balaban J connectivity index is 1.91. The van der Waals surface area contributed by atoms with Crippen LogP contribution in [0.5, 0.6) is 0 Å². The van der Waals surface area contributed by atoms with Crippen molar-refractivity contribution in [2.45, 2.75) is 26.8 Å². The Morgan fingerprint density at radius 1 is 1.26 bits per heavy atom. The first-order valence-corrected chi connectivity index (χ1v) is 7.10. The van der Waals surface area contributed by atoms with Gasteiger partial charge in [-0.15, -0.1) is 0 Å². The normalized spacial score (nSPS) is 12.1. The molecule has 0 fully saturated rings. The summed E-state index contributed by atoms with van der Waals surface area (Å²) in [7, 11) is 0. The molecule has 0 aliphatic rings. The van der Waals surface area contributed by atoms with Gasteiger partial charge in [-0.05, 0) is 30.7 Å². The SMILES string of the molecule is CC(=O)Nc1ccc(/C=C/C(=O)NC(C)c2noc(C)n2)cc1. The highest BCUT2D eigenvalue weighted by atomic mass is 16.5. The smallest absolute Gasteiger partial charge is 0.244 e. The molecule has 0 aliphatic heterocycles. The van der Waals surface area contributed by atoms with Gasteiger partial charge < -0.3 is 15.2 Å². The molecule has 7 nitrogen and oxygen atoms in total. The molecule has 0 bridgehead atoms. The Labute approximate surface area is 133 Å². The van der Waals surface area contributed by atoms with Crippen LogP contribution < -0.4 is 10.6 Å². The monoisotopic (exact) mass is 314 g/mol. The van der Waals surface area contributed by atoms with Gasteiger partial charge in [0.05, 0.1) is 6.04 Å². The zero-order valence-corrected chi connectivity index (χ0v) is 13.2. The topological polar surface area (TPSA) is 97.1 Å². The number of rotatable bonds is 5. The van der Waals surface area contributed by atoms with Crippen LogP contribution in [0.4, 0.5) is 5.69 Å². The van der Waals surface area contributed by atoms with Crippen molar-refractivity contribution in [2.24, 2.45) is 0 Å². The van der Waals surface area contributed by atoms with Gasteiger partial charge in [-0.3, -0.25) is 9.59 Å². The fourth-order valence-corrected chi connectivity index (χ4v) is 1.87. The first-order valence-electron chi connectivity index (χ1n) is 7.10. The van der Waals surface area contributed by atoms with Gasteiger partial charge in [0.25, 0.3) is 0 Å². The van der Waals surface area contributed by atoms with Crippen LogP contribution in [-0.2, 0) is 9.59 Å². The third-order valence-corrected chi connectivity index (χ3v) is 2.95. The molecule has 1 atom stereocenters. The highest BCUT2D eigenvalue weighted by Crippen LogP contribution is 2.11. The fourth-order valence-electron chi connectivity index (χ4n) is 1.87. The van der Waals surface area contributed by atoms with Crippen LogP contribution in [0, 0.1) is 6.92 Å². The lowest BCUT2D eigenvalue weighted by molar-refractivity contribution is -0.117. The highest BCUT2D eigenvalue weighted by Gasteiger charge is 2.13. The van der Waals surface area contributed by atoms with Crippen LogP contribution >= 0.6 is 0 Å². The third kappa shape index (κ3) is 5.06. The van der Waals surface area contributed by atoms with E-state index in [2.05, 4.69) is 20.8 Å². The van der Waals surface area contributed by atoms with Crippen LogP contribution in [0.1, 0.15) is 37.2 Å². The lowest BCUT2D eigenvalue weighted by atomic mass is 10.2. The summed E-state index contributed by atoms with van der Waals surface area (Å²) in [6.07, 6.45) is 3.11. The third-order valence-electron chi connectivity index (χ3n) is 2.95. The Kier molecular flexibility index (Phi) is 5.24. The van der Waals surface area contributed by atoms with Crippen molar-refractivity contribution < 1.29 is 14.1 Å². The number of hydrogen-bond donors (Lipinski definition) is 2. The minimum absolute atomic E-state index is 0.127. The molecule has 2 aromatic rings. The van der Waals surface area contributed by atoms with Crippen LogP contribution in [0.15, 0.2) is 34.9 Å². The molecular weight excluding hydrogens is 296 g/mol. The van der Waals surface area contributed by atoms with Crippen molar-refractivity contribution in [1.82, 2.24) is 15.5 Å². The molecule has 23 heavy (non-hydrogen) atoms. The number of nitrogens with zero attached hydrogens (tertiary/aromatic N) is 2. The summed E-state index contributed by atoms with van der Waals surface area (Å²) < 4.78 is 4.87.